The van der Waals surface area contributed by atoms with Crippen LogP contribution in [-0.2, 0) is 0 Å². The van der Waals surface area contributed by atoms with Gasteiger partial charge in [0.25, 0.3) is 0 Å². The molecule has 0 heterocycles. The van der Waals surface area contributed by atoms with E-state index < -0.39 is 5.79 Å². The molecule has 0 rings (SSSR count). The fourth-order valence-corrected chi connectivity index (χ4v) is 1.42. The van der Waals surface area contributed by atoms with E-state index in [4.69, 9.17) is 15.3 Å². The van der Waals surface area contributed by atoms with Gasteiger partial charge in [-0.1, -0.05) is 13.3 Å². The second-order valence-corrected chi connectivity index (χ2v) is 3.78. The van der Waals surface area contributed by atoms with E-state index in [0.717, 1.165) is 6.42 Å². The second kappa shape index (κ2) is 4.80. The third-order valence-electron chi connectivity index (χ3n) is 1.93. The molecule has 2 unspecified atom stereocenters. The van der Waals surface area contributed by atoms with E-state index >= 15 is 0 Å². The van der Waals surface area contributed by atoms with Gasteiger partial charge in [-0.05, 0) is 26.2 Å². The molecule has 3 nitrogen and oxygen atoms in total. The number of aliphatic hydroxyl groups excluding tert-OH is 1. The Labute approximate surface area is 74.0 Å². The van der Waals surface area contributed by atoms with Crippen molar-refractivity contribution < 1.29 is 15.3 Å². The normalized spacial score (nSPS) is 17.5. The zero-order chi connectivity index (χ0) is 9.78. The topological polar surface area (TPSA) is 60.7 Å². The Balaban J connectivity index is 3.83. The lowest BCUT2D eigenvalue weighted by Gasteiger charge is -2.23. The molecule has 0 bridgehead atoms. The van der Waals surface area contributed by atoms with Crippen molar-refractivity contribution in [2.45, 2.75) is 51.9 Å². The average molecular weight is 176 g/mol. The van der Waals surface area contributed by atoms with Gasteiger partial charge in [0.1, 0.15) is 0 Å². The molecule has 74 valence electrons. The third kappa shape index (κ3) is 6.58. The van der Waals surface area contributed by atoms with Gasteiger partial charge in [-0.3, -0.25) is 0 Å². The lowest BCUT2D eigenvalue weighted by atomic mass is 9.92. The second-order valence-electron chi connectivity index (χ2n) is 3.78. The van der Waals surface area contributed by atoms with Crippen LogP contribution in [0.2, 0.25) is 0 Å². The quantitative estimate of drug-likeness (QED) is 0.545. The van der Waals surface area contributed by atoms with Gasteiger partial charge in [-0.25, -0.2) is 0 Å². The van der Waals surface area contributed by atoms with Gasteiger partial charge < -0.3 is 15.3 Å². The van der Waals surface area contributed by atoms with Crippen molar-refractivity contribution in [2.75, 3.05) is 0 Å². The molecule has 0 aromatic rings. The van der Waals surface area contributed by atoms with Gasteiger partial charge in [0, 0.05) is 6.42 Å². The van der Waals surface area contributed by atoms with E-state index in [1.807, 2.05) is 6.92 Å². The first kappa shape index (κ1) is 11.9. The summed E-state index contributed by atoms with van der Waals surface area (Å²) in [7, 11) is 0. The molecule has 0 aliphatic heterocycles. The Morgan fingerprint density at radius 2 is 1.83 bits per heavy atom. The van der Waals surface area contributed by atoms with Crippen molar-refractivity contribution in [3.05, 3.63) is 0 Å². The molecular formula is C9H20O3. The van der Waals surface area contributed by atoms with Crippen LogP contribution in [0.1, 0.15) is 40.0 Å². The summed E-state index contributed by atoms with van der Waals surface area (Å²) in [5, 5.41) is 27.3. The minimum absolute atomic E-state index is 0.185. The van der Waals surface area contributed by atoms with Crippen molar-refractivity contribution in [2.24, 2.45) is 5.92 Å². The van der Waals surface area contributed by atoms with Crippen molar-refractivity contribution in [1.82, 2.24) is 0 Å². The fraction of sp³-hybridized carbons (Fsp3) is 1.00. The van der Waals surface area contributed by atoms with E-state index in [1.54, 1.807) is 6.92 Å². The Hall–Kier alpha value is -0.120. The lowest BCUT2D eigenvalue weighted by Crippen LogP contribution is -2.27. The van der Waals surface area contributed by atoms with E-state index in [0.29, 0.717) is 12.8 Å². The van der Waals surface area contributed by atoms with Gasteiger partial charge in [-0.2, -0.15) is 0 Å². The molecule has 0 fully saturated rings. The Bertz CT molecular complexity index is 115. The SMILES string of the molecule is CCC(CC(C)O)CC(C)(O)O. The minimum Gasteiger partial charge on any atom is -0.393 e. The van der Waals surface area contributed by atoms with Crippen molar-refractivity contribution in [3.8, 4) is 0 Å². The maximum Gasteiger partial charge on any atom is 0.159 e. The van der Waals surface area contributed by atoms with Gasteiger partial charge in [-0.15, -0.1) is 0 Å². The van der Waals surface area contributed by atoms with E-state index in [9.17, 15) is 0 Å². The molecule has 0 spiro atoms. The summed E-state index contributed by atoms with van der Waals surface area (Å²) in [4.78, 5) is 0. The first-order valence-corrected chi connectivity index (χ1v) is 4.48. The molecule has 0 saturated carbocycles. The molecule has 3 heteroatoms. The van der Waals surface area contributed by atoms with Crippen LogP contribution in [0, 0.1) is 5.92 Å². The fourth-order valence-electron chi connectivity index (χ4n) is 1.42. The Morgan fingerprint density at radius 3 is 2.08 bits per heavy atom. The van der Waals surface area contributed by atoms with Gasteiger partial charge in [0.05, 0.1) is 6.10 Å². The Morgan fingerprint density at radius 1 is 1.33 bits per heavy atom. The highest BCUT2D eigenvalue weighted by atomic mass is 16.5. The van der Waals surface area contributed by atoms with Crippen LogP contribution in [0.3, 0.4) is 0 Å². The van der Waals surface area contributed by atoms with Crippen LogP contribution < -0.4 is 0 Å². The molecule has 0 aliphatic rings. The largest absolute Gasteiger partial charge is 0.393 e. The third-order valence-corrected chi connectivity index (χ3v) is 1.93. The van der Waals surface area contributed by atoms with Gasteiger partial charge >= 0.3 is 0 Å². The summed E-state index contributed by atoms with van der Waals surface area (Å²) in [6.07, 6.45) is 1.46. The zero-order valence-corrected chi connectivity index (χ0v) is 8.12. The average Bonchev–Trinajstić information content (AvgIpc) is 1.82. The number of rotatable bonds is 5. The predicted molar refractivity (Wildman–Crippen MR) is 47.5 cm³/mol. The van der Waals surface area contributed by atoms with Gasteiger partial charge in [0.2, 0.25) is 0 Å². The predicted octanol–water partition coefficient (Wildman–Crippen LogP) is 0.874. The molecule has 0 aliphatic carbocycles. The molecule has 0 radical (unpaired) electrons. The molecule has 0 amide bonds. The molecule has 12 heavy (non-hydrogen) atoms. The molecular weight excluding hydrogens is 156 g/mol. The molecule has 0 aromatic carbocycles. The lowest BCUT2D eigenvalue weighted by molar-refractivity contribution is -0.159. The summed E-state index contributed by atoms with van der Waals surface area (Å²) in [5.41, 5.74) is 0. The number of hydrogen-bond acceptors (Lipinski definition) is 3. The van der Waals surface area contributed by atoms with Crippen LogP contribution in [0.25, 0.3) is 0 Å². The van der Waals surface area contributed by atoms with E-state index in [2.05, 4.69) is 0 Å². The maximum atomic E-state index is 9.11. The van der Waals surface area contributed by atoms with E-state index in [1.165, 1.54) is 6.92 Å². The van der Waals surface area contributed by atoms with Gasteiger partial charge in [0.15, 0.2) is 5.79 Å². The number of aliphatic hydroxyl groups is 3. The van der Waals surface area contributed by atoms with Crippen molar-refractivity contribution in [1.29, 1.82) is 0 Å². The summed E-state index contributed by atoms with van der Waals surface area (Å²) in [5.74, 6) is -1.42. The minimum atomic E-state index is -1.60. The van der Waals surface area contributed by atoms with Crippen molar-refractivity contribution >= 4 is 0 Å². The maximum absolute atomic E-state index is 9.11. The molecule has 0 saturated heterocycles. The molecule has 0 aromatic heterocycles. The first-order valence-electron chi connectivity index (χ1n) is 4.48. The highest BCUT2D eigenvalue weighted by Crippen LogP contribution is 2.21. The smallest absolute Gasteiger partial charge is 0.159 e. The zero-order valence-electron chi connectivity index (χ0n) is 8.12. The summed E-state index contributed by atoms with van der Waals surface area (Å²) in [6.45, 7) is 5.07. The highest BCUT2D eigenvalue weighted by Gasteiger charge is 2.21. The van der Waals surface area contributed by atoms with Crippen LogP contribution in [-0.4, -0.2) is 27.2 Å². The van der Waals surface area contributed by atoms with E-state index in [-0.39, 0.29) is 12.0 Å². The summed E-state index contributed by atoms with van der Waals surface area (Å²) in [6, 6.07) is 0. The van der Waals surface area contributed by atoms with Crippen LogP contribution in [0.5, 0.6) is 0 Å². The monoisotopic (exact) mass is 176 g/mol. The van der Waals surface area contributed by atoms with Crippen LogP contribution in [0.15, 0.2) is 0 Å². The highest BCUT2D eigenvalue weighted by molar-refractivity contribution is 4.67. The first-order chi connectivity index (χ1) is 5.35. The number of hydrogen-bond donors (Lipinski definition) is 3. The van der Waals surface area contributed by atoms with Crippen LogP contribution in [0.4, 0.5) is 0 Å². The Kier molecular flexibility index (Phi) is 4.75. The standard InChI is InChI=1S/C9H20O3/c1-4-8(5-7(2)10)6-9(3,11)12/h7-8,10-12H,4-6H2,1-3H3. The van der Waals surface area contributed by atoms with Crippen molar-refractivity contribution in [3.63, 3.8) is 0 Å². The summed E-state index contributed by atoms with van der Waals surface area (Å²) < 4.78 is 0. The molecule has 2 atom stereocenters. The molecule has 3 N–H and O–H groups in total. The summed E-state index contributed by atoms with van der Waals surface area (Å²) >= 11 is 0. The van der Waals surface area contributed by atoms with Crippen LogP contribution >= 0.6 is 0 Å².